The summed E-state index contributed by atoms with van der Waals surface area (Å²) >= 11 is 0. The molecular formula is C22H28N4O3S. The molecule has 1 unspecified atom stereocenters. The lowest BCUT2D eigenvalue weighted by Gasteiger charge is -2.21. The monoisotopic (exact) mass is 428 g/mol. The Morgan fingerprint density at radius 3 is 2.83 bits per heavy atom. The molecule has 0 saturated carbocycles. The van der Waals surface area contributed by atoms with E-state index in [0.29, 0.717) is 11.7 Å². The third kappa shape index (κ3) is 4.82. The van der Waals surface area contributed by atoms with Crippen molar-refractivity contribution >= 4 is 15.8 Å². The summed E-state index contributed by atoms with van der Waals surface area (Å²) in [5.41, 5.74) is 1.27. The summed E-state index contributed by atoms with van der Waals surface area (Å²) in [6, 6.07) is 5.55. The van der Waals surface area contributed by atoms with Gasteiger partial charge in [0.05, 0.1) is 13.3 Å². The Hall–Kier alpha value is -2.45. The summed E-state index contributed by atoms with van der Waals surface area (Å²) in [7, 11) is -2.25. The molecule has 1 saturated heterocycles. The zero-order valence-corrected chi connectivity index (χ0v) is 18.0. The summed E-state index contributed by atoms with van der Waals surface area (Å²) in [6.45, 7) is 1.70. The number of ether oxygens (including phenoxy) is 1. The highest BCUT2D eigenvalue weighted by Gasteiger charge is 2.28. The first-order valence-electron chi connectivity index (χ1n) is 10.4. The van der Waals surface area contributed by atoms with Gasteiger partial charge in [0.2, 0.25) is 10.0 Å². The van der Waals surface area contributed by atoms with Gasteiger partial charge in [-0.15, -0.1) is 0 Å². The second-order valence-electron chi connectivity index (χ2n) is 7.94. The van der Waals surface area contributed by atoms with Gasteiger partial charge < -0.3 is 9.64 Å². The lowest BCUT2D eigenvalue weighted by Crippen LogP contribution is -2.34. The van der Waals surface area contributed by atoms with Crippen molar-refractivity contribution in [3.63, 3.8) is 0 Å². The van der Waals surface area contributed by atoms with Crippen molar-refractivity contribution in [2.24, 2.45) is 5.92 Å². The molecule has 160 valence electrons. The number of pyridine rings is 2. The van der Waals surface area contributed by atoms with Crippen LogP contribution < -0.4 is 14.4 Å². The topological polar surface area (TPSA) is 84.4 Å². The van der Waals surface area contributed by atoms with Crippen LogP contribution >= 0.6 is 0 Å². The molecule has 0 bridgehead atoms. The van der Waals surface area contributed by atoms with Gasteiger partial charge in [-0.2, -0.15) is 0 Å². The number of nitrogens with one attached hydrogen (secondary N) is 1. The zero-order chi connectivity index (χ0) is 21.0. The number of hydrogen-bond acceptors (Lipinski definition) is 6. The summed E-state index contributed by atoms with van der Waals surface area (Å²) in [5.74, 6) is 1.44. The fourth-order valence-electron chi connectivity index (χ4n) is 4.18. The third-order valence-electron chi connectivity index (χ3n) is 5.77. The first-order chi connectivity index (χ1) is 14.5. The molecular weight excluding hydrogens is 400 g/mol. The van der Waals surface area contributed by atoms with Gasteiger partial charge in [0.25, 0.3) is 0 Å². The lowest BCUT2D eigenvalue weighted by atomic mass is 10.00. The number of nitrogens with zero attached hydrogens (tertiary/aromatic N) is 3. The molecule has 30 heavy (non-hydrogen) atoms. The molecule has 2 aromatic heterocycles. The van der Waals surface area contributed by atoms with Crippen molar-refractivity contribution in [3.05, 3.63) is 54.5 Å². The number of allylic oxidation sites excluding steroid dienone is 1. The number of anilines is 1. The number of rotatable bonds is 7. The predicted octanol–water partition coefficient (Wildman–Crippen LogP) is 2.94. The van der Waals surface area contributed by atoms with Crippen LogP contribution in [0.15, 0.2) is 53.8 Å². The second kappa shape index (κ2) is 9.14. The molecule has 2 aromatic rings. The van der Waals surface area contributed by atoms with E-state index in [4.69, 9.17) is 4.74 Å². The third-order valence-corrected chi connectivity index (χ3v) is 7.28. The lowest BCUT2D eigenvalue weighted by molar-refractivity contribution is 0.400. The van der Waals surface area contributed by atoms with E-state index in [1.165, 1.54) is 18.9 Å². The van der Waals surface area contributed by atoms with E-state index in [0.717, 1.165) is 45.2 Å². The van der Waals surface area contributed by atoms with Crippen LogP contribution in [0.5, 0.6) is 5.75 Å². The maximum Gasteiger partial charge on any atom is 0.244 e. The second-order valence-corrected chi connectivity index (χ2v) is 9.62. The maximum absolute atomic E-state index is 13.1. The summed E-state index contributed by atoms with van der Waals surface area (Å²) < 4.78 is 34.3. The molecule has 0 spiro atoms. The quantitative estimate of drug-likeness (QED) is 0.683. The van der Waals surface area contributed by atoms with Gasteiger partial charge in [-0.05, 0) is 55.7 Å². The highest BCUT2D eigenvalue weighted by Crippen LogP contribution is 2.31. The highest BCUT2D eigenvalue weighted by atomic mass is 32.2. The van der Waals surface area contributed by atoms with Gasteiger partial charge >= 0.3 is 0 Å². The molecule has 3 heterocycles. The van der Waals surface area contributed by atoms with E-state index < -0.39 is 10.0 Å². The summed E-state index contributed by atoms with van der Waals surface area (Å²) in [6.07, 6.45) is 13.9. The minimum Gasteiger partial charge on any atom is -0.494 e. The fourth-order valence-corrected chi connectivity index (χ4v) is 5.57. The van der Waals surface area contributed by atoms with E-state index in [1.807, 2.05) is 36.7 Å². The van der Waals surface area contributed by atoms with Gasteiger partial charge in [0.15, 0.2) is 5.75 Å². The standard InChI is InChI=1S/C22H28N4O3S/c1-29-20-15-24-22(14-21(20)30(27,28)25-19-5-3-2-4-6-19)26-12-9-18(16-26)13-17-7-10-23-11-8-17/h3,5,7-8,10-11,14-15,18-19,25H,2,4,6,9,12-13,16H2,1H3/t18?,19-/m0/s1. The molecule has 2 aliphatic rings. The van der Waals surface area contributed by atoms with Gasteiger partial charge in [-0.3, -0.25) is 4.98 Å². The van der Waals surface area contributed by atoms with Crippen LogP contribution in [0.3, 0.4) is 0 Å². The molecule has 4 rings (SSSR count). The summed E-state index contributed by atoms with van der Waals surface area (Å²) in [5, 5.41) is 0. The summed E-state index contributed by atoms with van der Waals surface area (Å²) in [4.78, 5) is 10.9. The molecule has 1 N–H and O–H groups in total. The molecule has 0 aromatic carbocycles. The Kier molecular flexibility index (Phi) is 6.34. The SMILES string of the molecule is COc1cnc(N2CCC(Cc3ccncc3)C2)cc1S(=O)(=O)N[C@H]1C=CCCC1. The van der Waals surface area contributed by atoms with Crippen LogP contribution in [0, 0.1) is 5.92 Å². The Morgan fingerprint density at radius 2 is 2.10 bits per heavy atom. The largest absolute Gasteiger partial charge is 0.494 e. The Labute approximate surface area is 178 Å². The smallest absolute Gasteiger partial charge is 0.244 e. The zero-order valence-electron chi connectivity index (χ0n) is 17.2. The fraction of sp³-hybridized carbons (Fsp3) is 0.455. The first-order valence-corrected chi connectivity index (χ1v) is 11.9. The van der Waals surface area contributed by atoms with Crippen molar-refractivity contribution in [1.82, 2.24) is 14.7 Å². The van der Waals surface area contributed by atoms with Gasteiger partial charge in [-0.25, -0.2) is 18.1 Å². The van der Waals surface area contributed by atoms with E-state index in [-0.39, 0.29) is 16.7 Å². The van der Waals surface area contributed by atoms with Crippen molar-refractivity contribution < 1.29 is 13.2 Å². The Bertz CT molecular complexity index is 995. The van der Waals surface area contributed by atoms with Crippen LogP contribution in [0.1, 0.15) is 31.2 Å². The van der Waals surface area contributed by atoms with Crippen LogP contribution in [-0.4, -0.2) is 44.6 Å². The Morgan fingerprint density at radius 1 is 1.27 bits per heavy atom. The number of aromatic nitrogens is 2. The van der Waals surface area contributed by atoms with Crippen molar-refractivity contribution in [1.29, 1.82) is 0 Å². The minimum absolute atomic E-state index is 0.145. The average molecular weight is 429 g/mol. The Balaban J connectivity index is 1.51. The number of methoxy groups -OCH3 is 1. The molecule has 1 aliphatic heterocycles. The number of hydrogen-bond donors (Lipinski definition) is 1. The van der Waals surface area contributed by atoms with Crippen LogP contribution in [0.2, 0.25) is 0 Å². The van der Waals surface area contributed by atoms with Crippen LogP contribution in [-0.2, 0) is 16.4 Å². The minimum atomic E-state index is -3.72. The van der Waals surface area contributed by atoms with E-state index in [9.17, 15) is 8.42 Å². The van der Waals surface area contributed by atoms with Gasteiger partial charge in [-0.1, -0.05) is 12.2 Å². The average Bonchev–Trinajstić information content (AvgIpc) is 3.23. The van der Waals surface area contributed by atoms with Gasteiger partial charge in [0.1, 0.15) is 10.7 Å². The van der Waals surface area contributed by atoms with E-state index in [1.54, 1.807) is 6.07 Å². The molecule has 8 heteroatoms. The normalized spacial score (nSPS) is 21.7. The molecule has 1 fully saturated rings. The molecule has 7 nitrogen and oxygen atoms in total. The van der Waals surface area contributed by atoms with Crippen molar-refractivity contribution in [2.75, 3.05) is 25.1 Å². The first kappa shape index (κ1) is 20.8. The predicted molar refractivity (Wildman–Crippen MR) is 116 cm³/mol. The number of sulfonamides is 1. The van der Waals surface area contributed by atoms with Gasteiger partial charge in [0, 0.05) is 37.6 Å². The van der Waals surface area contributed by atoms with Crippen LogP contribution in [0.4, 0.5) is 5.82 Å². The molecule has 1 aliphatic carbocycles. The molecule has 2 atom stereocenters. The van der Waals surface area contributed by atoms with Crippen molar-refractivity contribution in [3.8, 4) is 5.75 Å². The van der Waals surface area contributed by atoms with E-state index >= 15 is 0 Å². The van der Waals surface area contributed by atoms with Crippen molar-refractivity contribution in [2.45, 2.75) is 43.0 Å². The van der Waals surface area contributed by atoms with E-state index in [2.05, 4.69) is 19.6 Å². The highest BCUT2D eigenvalue weighted by molar-refractivity contribution is 7.89. The molecule has 0 radical (unpaired) electrons. The van der Waals surface area contributed by atoms with Crippen LogP contribution in [0.25, 0.3) is 0 Å². The molecule has 0 amide bonds. The maximum atomic E-state index is 13.1.